The topological polar surface area (TPSA) is 83.4 Å². The van der Waals surface area contributed by atoms with Crippen LogP contribution >= 0.6 is 0 Å². The average molecular weight is 542 g/mol. The molecule has 1 amide bonds. The number of nitrogens with one attached hydrogen (secondary N) is 1. The monoisotopic (exact) mass is 541 g/mol. The number of aliphatic hydroxyl groups excluding tert-OH is 1. The van der Waals surface area contributed by atoms with E-state index in [0.29, 0.717) is 37.6 Å². The molecule has 1 aliphatic heterocycles. The van der Waals surface area contributed by atoms with Gasteiger partial charge >= 0.3 is 0 Å². The number of ether oxygens (including phenoxy) is 2. The summed E-state index contributed by atoms with van der Waals surface area (Å²) in [6, 6.07) is 27.3. The maximum Gasteiger partial charge on any atom is 0.252 e. The highest BCUT2D eigenvalue weighted by molar-refractivity contribution is 6.01. The van der Waals surface area contributed by atoms with Crippen molar-refractivity contribution in [1.82, 2.24) is 10.2 Å². The maximum atomic E-state index is 14.0. The van der Waals surface area contributed by atoms with E-state index in [2.05, 4.69) is 10.2 Å². The van der Waals surface area contributed by atoms with Crippen LogP contribution in [0, 0.1) is 0 Å². The normalized spacial score (nSPS) is 18.5. The van der Waals surface area contributed by atoms with Crippen LogP contribution in [0.25, 0.3) is 6.08 Å². The Labute approximate surface area is 237 Å². The minimum atomic E-state index is -1.18. The highest BCUT2D eigenvalue weighted by Gasteiger charge is 2.52. The van der Waals surface area contributed by atoms with Crippen LogP contribution in [0.5, 0.6) is 5.75 Å². The van der Waals surface area contributed by atoms with Crippen molar-refractivity contribution in [2.75, 3.05) is 40.4 Å². The van der Waals surface area contributed by atoms with Crippen LogP contribution in [0.1, 0.15) is 42.1 Å². The summed E-state index contributed by atoms with van der Waals surface area (Å²) < 4.78 is 12.2. The van der Waals surface area contributed by atoms with E-state index in [4.69, 9.17) is 19.6 Å². The molecule has 0 unspecified atom stereocenters. The van der Waals surface area contributed by atoms with Gasteiger partial charge in [0.15, 0.2) is 11.6 Å². The summed E-state index contributed by atoms with van der Waals surface area (Å²) in [7, 11) is 4.04. The molecule has 1 aliphatic rings. The molecule has 0 fully saturated rings. The second-order valence-electron chi connectivity index (χ2n) is 10.1. The van der Waals surface area contributed by atoms with Gasteiger partial charge in [-0.1, -0.05) is 72.8 Å². The summed E-state index contributed by atoms with van der Waals surface area (Å²) >= 11 is 0. The van der Waals surface area contributed by atoms with Crippen molar-refractivity contribution in [3.63, 3.8) is 0 Å². The zero-order valence-electron chi connectivity index (χ0n) is 23.3. The Bertz CT molecular complexity index is 1260. The molecule has 7 nitrogen and oxygen atoms in total. The van der Waals surface area contributed by atoms with Crippen molar-refractivity contribution in [2.45, 2.75) is 30.9 Å². The van der Waals surface area contributed by atoms with Crippen molar-refractivity contribution < 1.29 is 19.4 Å². The van der Waals surface area contributed by atoms with Crippen molar-refractivity contribution in [3.8, 4) is 5.75 Å². The van der Waals surface area contributed by atoms with E-state index in [0.717, 1.165) is 29.7 Å². The Morgan fingerprint density at radius 1 is 1.02 bits per heavy atom. The third-order valence-corrected chi connectivity index (χ3v) is 6.74. The number of carbonyl (C=O) groups is 1. The lowest BCUT2D eigenvalue weighted by atomic mass is 9.84. The van der Waals surface area contributed by atoms with E-state index in [9.17, 15) is 4.79 Å². The van der Waals surface area contributed by atoms with Gasteiger partial charge < -0.3 is 24.8 Å². The fourth-order valence-electron chi connectivity index (χ4n) is 4.63. The molecule has 4 rings (SSSR count). The first-order chi connectivity index (χ1) is 19.5. The fraction of sp³-hybridized carbons (Fsp3) is 0.333. The minimum absolute atomic E-state index is 0.0849. The first-order valence-electron chi connectivity index (χ1n) is 13.8. The molecule has 7 heteroatoms. The van der Waals surface area contributed by atoms with E-state index < -0.39 is 11.6 Å². The highest BCUT2D eigenvalue weighted by Crippen LogP contribution is 2.43. The summed E-state index contributed by atoms with van der Waals surface area (Å²) in [5.74, 6) is 0.968. The number of hydrogen-bond donors (Lipinski definition) is 2. The van der Waals surface area contributed by atoms with Gasteiger partial charge in [-0.05, 0) is 62.5 Å². The van der Waals surface area contributed by atoms with Gasteiger partial charge in [-0.2, -0.15) is 0 Å². The number of aliphatic hydroxyl groups is 1. The number of nitrogens with zero attached hydrogens (tertiary/aromatic N) is 2. The maximum absolute atomic E-state index is 14.0. The van der Waals surface area contributed by atoms with E-state index >= 15 is 0 Å². The summed E-state index contributed by atoms with van der Waals surface area (Å²) in [5, 5.41) is 12.2. The zero-order chi connectivity index (χ0) is 28.2. The van der Waals surface area contributed by atoms with Gasteiger partial charge in [-0.25, -0.2) is 4.99 Å². The van der Waals surface area contributed by atoms with Gasteiger partial charge in [0.05, 0.1) is 6.61 Å². The van der Waals surface area contributed by atoms with E-state index in [1.807, 2.05) is 111 Å². The summed E-state index contributed by atoms with van der Waals surface area (Å²) in [4.78, 5) is 21.2. The van der Waals surface area contributed by atoms with Gasteiger partial charge in [-0.3, -0.25) is 4.79 Å². The number of benzene rings is 3. The smallest absolute Gasteiger partial charge is 0.252 e. The standard InChI is InChI=1S/C33H39N3O4/c1-36(2)23-10-22-34-32(38)33(21-9-14-26-12-5-3-6-13-26)30(27-15-7-4-8-16-27)40-31(35-33)28-17-19-29(20-18-28)39-25-11-24-37/h3-9,12-20,30,37H,10-11,21-25H2,1-2H3,(H,34,38)/b14-9+/t30-,33-/m1/s1. The lowest BCUT2D eigenvalue weighted by molar-refractivity contribution is -0.128. The molecule has 210 valence electrons. The molecular formula is C33H39N3O4. The zero-order valence-corrected chi connectivity index (χ0v) is 23.3. The van der Waals surface area contributed by atoms with Gasteiger partial charge in [-0.15, -0.1) is 0 Å². The Morgan fingerprint density at radius 3 is 2.40 bits per heavy atom. The van der Waals surface area contributed by atoms with Gasteiger partial charge in [0.2, 0.25) is 5.90 Å². The molecule has 0 bridgehead atoms. The average Bonchev–Trinajstić information content (AvgIpc) is 3.37. The largest absolute Gasteiger partial charge is 0.494 e. The van der Waals surface area contributed by atoms with E-state index in [1.165, 1.54) is 0 Å². The molecule has 0 saturated heterocycles. The van der Waals surface area contributed by atoms with Crippen molar-refractivity contribution in [1.29, 1.82) is 0 Å². The minimum Gasteiger partial charge on any atom is -0.494 e. The van der Waals surface area contributed by atoms with Crippen LogP contribution in [-0.2, 0) is 9.53 Å². The molecule has 2 atom stereocenters. The molecule has 0 radical (unpaired) electrons. The van der Waals surface area contributed by atoms with Gasteiger partial charge in [0, 0.05) is 31.6 Å². The number of carbonyl (C=O) groups excluding carboxylic acids is 1. The van der Waals surface area contributed by atoms with Crippen LogP contribution in [0.2, 0.25) is 0 Å². The lowest BCUT2D eigenvalue weighted by Gasteiger charge is -2.30. The third-order valence-electron chi connectivity index (χ3n) is 6.74. The van der Waals surface area contributed by atoms with Crippen molar-refractivity contribution in [2.24, 2.45) is 4.99 Å². The first kappa shape index (κ1) is 29.1. The fourth-order valence-corrected chi connectivity index (χ4v) is 4.63. The number of rotatable bonds is 14. The molecule has 0 saturated carbocycles. The molecule has 1 heterocycles. The Balaban J connectivity index is 1.67. The van der Waals surface area contributed by atoms with Crippen LogP contribution < -0.4 is 10.1 Å². The predicted molar refractivity (Wildman–Crippen MR) is 159 cm³/mol. The second-order valence-corrected chi connectivity index (χ2v) is 10.1. The SMILES string of the molecule is CN(C)CCCNC(=O)[C@]1(C/C=C/c2ccccc2)N=C(c2ccc(OCCCO)cc2)O[C@@H]1c1ccccc1. The van der Waals surface area contributed by atoms with Crippen LogP contribution in [0.15, 0.2) is 96.0 Å². The summed E-state index contributed by atoms with van der Waals surface area (Å²) in [6.45, 7) is 1.95. The first-order valence-corrected chi connectivity index (χ1v) is 13.8. The summed E-state index contributed by atoms with van der Waals surface area (Å²) in [6.07, 6.45) is 5.21. The summed E-state index contributed by atoms with van der Waals surface area (Å²) in [5.41, 5.74) is 1.53. The van der Waals surface area contributed by atoms with E-state index in [-0.39, 0.29) is 12.5 Å². The second kappa shape index (κ2) is 14.4. The Morgan fingerprint density at radius 2 is 1.73 bits per heavy atom. The number of aliphatic imine (C=N–C) groups is 1. The molecule has 3 aromatic carbocycles. The number of hydrogen-bond acceptors (Lipinski definition) is 6. The highest BCUT2D eigenvalue weighted by atomic mass is 16.5. The van der Waals surface area contributed by atoms with Gasteiger partial charge in [0.1, 0.15) is 5.75 Å². The van der Waals surface area contributed by atoms with Crippen LogP contribution in [-0.4, -0.2) is 67.7 Å². The van der Waals surface area contributed by atoms with Gasteiger partial charge in [0.25, 0.3) is 5.91 Å². The Kier molecular flexibility index (Phi) is 10.5. The molecule has 40 heavy (non-hydrogen) atoms. The molecular weight excluding hydrogens is 502 g/mol. The van der Waals surface area contributed by atoms with Crippen LogP contribution in [0.3, 0.4) is 0 Å². The Hall–Kier alpha value is -3.94. The van der Waals surface area contributed by atoms with Crippen LogP contribution in [0.4, 0.5) is 0 Å². The molecule has 0 aliphatic carbocycles. The quantitative estimate of drug-likeness (QED) is 0.285. The third kappa shape index (κ3) is 7.58. The predicted octanol–water partition coefficient (Wildman–Crippen LogP) is 4.88. The van der Waals surface area contributed by atoms with Crippen molar-refractivity contribution >= 4 is 17.9 Å². The number of amides is 1. The van der Waals surface area contributed by atoms with E-state index in [1.54, 1.807) is 0 Å². The molecule has 2 N–H and O–H groups in total. The van der Waals surface area contributed by atoms with Crippen molar-refractivity contribution in [3.05, 3.63) is 108 Å². The lowest BCUT2D eigenvalue weighted by Crippen LogP contribution is -2.48. The molecule has 0 spiro atoms. The molecule has 3 aromatic rings. The molecule has 0 aromatic heterocycles.